The Bertz CT molecular complexity index is 681. The first-order chi connectivity index (χ1) is 10.2. The molecule has 0 fully saturated rings. The van der Waals surface area contributed by atoms with Gasteiger partial charge in [-0.05, 0) is 39.0 Å². The SMILES string of the molecule is CC(C)(C)Nc1ncc(C(=O)Nc2ccc(Cl)c(Cl)c2)cn1. The van der Waals surface area contributed by atoms with Crippen molar-refractivity contribution in [3.8, 4) is 0 Å². The summed E-state index contributed by atoms with van der Waals surface area (Å²) in [5.74, 6) is 0.152. The molecule has 0 bridgehead atoms. The minimum atomic E-state index is -0.319. The Balaban J connectivity index is 2.08. The monoisotopic (exact) mass is 338 g/mol. The molecule has 0 spiro atoms. The van der Waals surface area contributed by atoms with Crippen molar-refractivity contribution in [2.45, 2.75) is 26.3 Å². The molecule has 2 N–H and O–H groups in total. The van der Waals surface area contributed by atoms with E-state index in [1.165, 1.54) is 12.4 Å². The number of nitrogens with zero attached hydrogens (tertiary/aromatic N) is 2. The number of anilines is 2. The van der Waals surface area contributed by atoms with Gasteiger partial charge in [0.2, 0.25) is 5.95 Å². The Morgan fingerprint density at radius 1 is 1.09 bits per heavy atom. The Hall–Kier alpha value is -1.85. The maximum Gasteiger partial charge on any atom is 0.258 e. The van der Waals surface area contributed by atoms with Crippen LogP contribution in [0.1, 0.15) is 31.1 Å². The van der Waals surface area contributed by atoms with E-state index in [2.05, 4.69) is 20.6 Å². The molecule has 7 heteroatoms. The molecule has 5 nitrogen and oxygen atoms in total. The fraction of sp³-hybridized carbons (Fsp3) is 0.267. The molecule has 2 aromatic rings. The zero-order valence-electron chi connectivity index (χ0n) is 12.4. The molecule has 0 saturated heterocycles. The fourth-order valence-corrected chi connectivity index (χ4v) is 1.92. The third kappa shape index (κ3) is 4.58. The largest absolute Gasteiger partial charge is 0.350 e. The van der Waals surface area contributed by atoms with Gasteiger partial charge in [-0.3, -0.25) is 4.79 Å². The highest BCUT2D eigenvalue weighted by atomic mass is 35.5. The van der Waals surface area contributed by atoms with Gasteiger partial charge in [-0.1, -0.05) is 23.2 Å². The van der Waals surface area contributed by atoms with Crippen molar-refractivity contribution >= 4 is 40.7 Å². The summed E-state index contributed by atoms with van der Waals surface area (Å²) in [4.78, 5) is 20.4. The van der Waals surface area contributed by atoms with E-state index in [0.29, 0.717) is 27.2 Å². The van der Waals surface area contributed by atoms with Crippen LogP contribution in [0.25, 0.3) is 0 Å². The molecular weight excluding hydrogens is 323 g/mol. The number of benzene rings is 1. The molecule has 0 aliphatic carbocycles. The van der Waals surface area contributed by atoms with E-state index in [1.54, 1.807) is 18.2 Å². The lowest BCUT2D eigenvalue weighted by molar-refractivity contribution is 0.102. The summed E-state index contributed by atoms with van der Waals surface area (Å²) in [6, 6.07) is 4.87. The highest BCUT2D eigenvalue weighted by Crippen LogP contribution is 2.25. The number of nitrogens with one attached hydrogen (secondary N) is 2. The smallest absolute Gasteiger partial charge is 0.258 e. The van der Waals surface area contributed by atoms with Crippen LogP contribution in [0.15, 0.2) is 30.6 Å². The van der Waals surface area contributed by atoms with Gasteiger partial charge in [0.15, 0.2) is 0 Å². The van der Waals surface area contributed by atoms with Gasteiger partial charge in [0.1, 0.15) is 0 Å². The van der Waals surface area contributed by atoms with Gasteiger partial charge in [-0.25, -0.2) is 9.97 Å². The van der Waals surface area contributed by atoms with Crippen molar-refractivity contribution in [1.82, 2.24) is 9.97 Å². The quantitative estimate of drug-likeness (QED) is 0.877. The van der Waals surface area contributed by atoms with Crippen LogP contribution in [0.4, 0.5) is 11.6 Å². The summed E-state index contributed by atoms with van der Waals surface area (Å²) in [7, 11) is 0. The zero-order chi connectivity index (χ0) is 16.3. The molecule has 0 radical (unpaired) electrons. The average Bonchev–Trinajstić information content (AvgIpc) is 2.42. The second-order valence-corrected chi connectivity index (χ2v) is 6.57. The average molecular weight is 339 g/mol. The molecule has 1 aromatic carbocycles. The summed E-state index contributed by atoms with van der Waals surface area (Å²) in [6.07, 6.45) is 2.93. The van der Waals surface area contributed by atoms with Gasteiger partial charge in [0.05, 0.1) is 15.6 Å². The second-order valence-electron chi connectivity index (χ2n) is 5.75. The molecule has 116 valence electrons. The maximum absolute atomic E-state index is 12.1. The summed E-state index contributed by atoms with van der Waals surface area (Å²) >= 11 is 11.7. The van der Waals surface area contributed by atoms with Gasteiger partial charge < -0.3 is 10.6 Å². The molecule has 1 aromatic heterocycles. The second kappa shape index (κ2) is 6.50. The molecule has 0 atom stereocenters. The number of hydrogen-bond donors (Lipinski definition) is 2. The predicted octanol–water partition coefficient (Wildman–Crippen LogP) is 4.25. The minimum Gasteiger partial charge on any atom is -0.350 e. The predicted molar refractivity (Wildman–Crippen MR) is 89.8 cm³/mol. The molecular formula is C15H16Cl2N4O. The van der Waals surface area contributed by atoms with E-state index >= 15 is 0 Å². The van der Waals surface area contributed by atoms with E-state index in [4.69, 9.17) is 23.2 Å². The van der Waals surface area contributed by atoms with Crippen LogP contribution < -0.4 is 10.6 Å². The first-order valence-corrected chi connectivity index (χ1v) is 7.37. The molecule has 0 aliphatic rings. The van der Waals surface area contributed by atoms with Crippen LogP contribution in [0, 0.1) is 0 Å². The number of rotatable bonds is 3. The third-order valence-corrected chi connectivity index (χ3v) is 3.32. The zero-order valence-corrected chi connectivity index (χ0v) is 14.0. The fourth-order valence-electron chi connectivity index (χ4n) is 1.62. The highest BCUT2D eigenvalue weighted by molar-refractivity contribution is 6.42. The number of halogens is 2. The van der Waals surface area contributed by atoms with Gasteiger partial charge >= 0.3 is 0 Å². The van der Waals surface area contributed by atoms with Crippen LogP contribution in [0.5, 0.6) is 0 Å². The molecule has 1 amide bonds. The maximum atomic E-state index is 12.1. The standard InChI is InChI=1S/C15H16Cl2N4O/c1-15(2,3)21-14-18-7-9(8-19-14)13(22)20-10-4-5-11(16)12(17)6-10/h4-8H,1-3H3,(H,20,22)(H,18,19,21). The van der Waals surface area contributed by atoms with Crippen molar-refractivity contribution in [2.24, 2.45) is 0 Å². The molecule has 0 aliphatic heterocycles. The number of carbonyl (C=O) groups is 1. The van der Waals surface area contributed by atoms with Crippen LogP contribution in [-0.2, 0) is 0 Å². The summed E-state index contributed by atoms with van der Waals surface area (Å²) in [5.41, 5.74) is 0.755. The number of carbonyl (C=O) groups excluding carboxylic acids is 1. The summed E-state index contributed by atoms with van der Waals surface area (Å²) in [5, 5.41) is 6.64. The highest BCUT2D eigenvalue weighted by Gasteiger charge is 2.13. The van der Waals surface area contributed by atoms with Crippen molar-refractivity contribution in [3.63, 3.8) is 0 Å². The lowest BCUT2D eigenvalue weighted by atomic mass is 10.1. The lowest BCUT2D eigenvalue weighted by Gasteiger charge is -2.20. The molecule has 0 saturated carbocycles. The minimum absolute atomic E-state index is 0.149. The Morgan fingerprint density at radius 3 is 2.27 bits per heavy atom. The van der Waals surface area contributed by atoms with Crippen molar-refractivity contribution in [2.75, 3.05) is 10.6 Å². The number of hydrogen-bond acceptors (Lipinski definition) is 4. The van der Waals surface area contributed by atoms with Gasteiger partial charge in [0, 0.05) is 23.6 Å². The molecule has 0 unspecified atom stereocenters. The van der Waals surface area contributed by atoms with Crippen LogP contribution in [0.2, 0.25) is 10.0 Å². The van der Waals surface area contributed by atoms with Crippen molar-refractivity contribution in [3.05, 3.63) is 46.2 Å². The first-order valence-electron chi connectivity index (χ1n) is 6.61. The number of aromatic nitrogens is 2. The summed E-state index contributed by atoms with van der Waals surface area (Å²) in [6.45, 7) is 6.00. The van der Waals surface area contributed by atoms with E-state index < -0.39 is 0 Å². The van der Waals surface area contributed by atoms with Crippen molar-refractivity contribution in [1.29, 1.82) is 0 Å². The topological polar surface area (TPSA) is 66.9 Å². The van der Waals surface area contributed by atoms with Gasteiger partial charge in [-0.15, -0.1) is 0 Å². The van der Waals surface area contributed by atoms with Gasteiger partial charge in [-0.2, -0.15) is 0 Å². The number of amides is 1. The van der Waals surface area contributed by atoms with Crippen molar-refractivity contribution < 1.29 is 4.79 Å². The third-order valence-electron chi connectivity index (χ3n) is 2.58. The first kappa shape index (κ1) is 16.5. The Labute approximate surface area is 139 Å². The normalized spacial score (nSPS) is 11.1. The lowest BCUT2D eigenvalue weighted by Crippen LogP contribution is -2.27. The molecule has 22 heavy (non-hydrogen) atoms. The molecule has 2 rings (SSSR count). The van der Waals surface area contributed by atoms with Gasteiger partial charge in [0.25, 0.3) is 5.91 Å². The Kier molecular flexibility index (Phi) is 4.88. The van der Waals surface area contributed by atoms with Crippen LogP contribution in [-0.4, -0.2) is 21.4 Å². The Morgan fingerprint density at radius 2 is 1.73 bits per heavy atom. The van der Waals surface area contributed by atoms with E-state index in [0.717, 1.165) is 0 Å². The van der Waals surface area contributed by atoms with E-state index in [1.807, 2.05) is 20.8 Å². The summed E-state index contributed by atoms with van der Waals surface area (Å²) < 4.78 is 0. The van der Waals surface area contributed by atoms with E-state index in [-0.39, 0.29) is 11.4 Å². The molecule has 1 heterocycles. The van der Waals surface area contributed by atoms with Crippen LogP contribution in [0.3, 0.4) is 0 Å². The van der Waals surface area contributed by atoms with E-state index in [9.17, 15) is 4.79 Å². The van der Waals surface area contributed by atoms with Crippen LogP contribution >= 0.6 is 23.2 Å².